The Morgan fingerprint density at radius 1 is 1.12 bits per heavy atom. The van der Waals surface area contributed by atoms with Crippen molar-refractivity contribution in [3.8, 4) is 23.0 Å². The fraction of sp³-hybridized carbons (Fsp3) is 0.368. The molecule has 59 heavy (non-hydrogen) atoms. The molecular weight excluding hydrogens is 833 g/mol. The van der Waals surface area contributed by atoms with E-state index in [4.69, 9.17) is 21.3 Å². The molecular formula is C38H32ClF7N8O4S. The zero-order valence-corrected chi connectivity index (χ0v) is 32.5. The molecule has 2 aliphatic carbocycles. The van der Waals surface area contributed by atoms with Crippen LogP contribution in [-0.4, -0.2) is 70.9 Å². The minimum atomic E-state index is -5.07. The number of nitrogens with zero attached hydrogens (tertiary/aromatic N) is 5. The molecule has 12 nitrogen and oxygen atoms in total. The summed E-state index contributed by atoms with van der Waals surface area (Å²) in [5.74, 6) is -3.25. The van der Waals surface area contributed by atoms with Gasteiger partial charge in [0.25, 0.3) is 5.92 Å². The fourth-order valence-corrected chi connectivity index (χ4v) is 8.58. The second-order valence-corrected chi connectivity index (χ2v) is 16.7. The maximum atomic E-state index is 15.4. The van der Waals surface area contributed by atoms with Crippen LogP contribution >= 0.6 is 11.6 Å². The number of carbonyl (C=O) groups is 1. The van der Waals surface area contributed by atoms with Crippen LogP contribution in [0.25, 0.3) is 22.0 Å². The van der Waals surface area contributed by atoms with Crippen molar-refractivity contribution in [3.63, 3.8) is 0 Å². The summed E-state index contributed by atoms with van der Waals surface area (Å²) in [4.78, 5) is 18.7. The van der Waals surface area contributed by atoms with Crippen LogP contribution in [0.3, 0.4) is 0 Å². The maximum absolute atomic E-state index is 15.4. The van der Waals surface area contributed by atoms with Crippen LogP contribution in [0.5, 0.6) is 0 Å². The van der Waals surface area contributed by atoms with E-state index in [1.54, 1.807) is 18.2 Å². The van der Waals surface area contributed by atoms with Gasteiger partial charge in [-0.1, -0.05) is 23.6 Å². The maximum Gasteiger partial charge on any atom is 0.435 e. The molecule has 3 aromatic heterocycles. The van der Waals surface area contributed by atoms with E-state index in [-0.39, 0.29) is 51.6 Å². The largest absolute Gasteiger partial charge is 0.435 e. The third-order valence-corrected chi connectivity index (χ3v) is 11.1. The first-order valence-corrected chi connectivity index (χ1v) is 20.3. The average Bonchev–Trinajstić information content (AvgIpc) is 3.68. The monoisotopic (exact) mass is 864 g/mol. The molecule has 3 N–H and O–H groups in total. The van der Waals surface area contributed by atoms with E-state index >= 15 is 8.78 Å². The molecule has 21 heteroatoms. The van der Waals surface area contributed by atoms with Gasteiger partial charge in [-0.05, 0) is 60.6 Å². The van der Waals surface area contributed by atoms with Crippen molar-refractivity contribution in [2.24, 2.45) is 13.0 Å². The van der Waals surface area contributed by atoms with Gasteiger partial charge in [-0.3, -0.25) is 18.9 Å². The highest BCUT2D eigenvalue weighted by atomic mass is 35.5. The van der Waals surface area contributed by atoms with Gasteiger partial charge in [0.2, 0.25) is 15.9 Å². The van der Waals surface area contributed by atoms with Crippen LogP contribution in [0, 0.1) is 29.4 Å². The third-order valence-electron chi connectivity index (χ3n) is 10.2. The first-order valence-electron chi connectivity index (χ1n) is 18.1. The number of hydrogen-bond acceptors (Lipinski definition) is 8. The molecule has 1 amide bonds. The molecule has 3 aliphatic rings. The summed E-state index contributed by atoms with van der Waals surface area (Å²) in [6.07, 6.45) is -5.18. The normalized spacial score (nSPS) is 20.1. The van der Waals surface area contributed by atoms with Crippen LogP contribution in [0.1, 0.15) is 52.3 Å². The van der Waals surface area contributed by atoms with E-state index in [0.717, 1.165) is 18.4 Å². The summed E-state index contributed by atoms with van der Waals surface area (Å²) in [5.41, 5.74) is -2.03. The van der Waals surface area contributed by atoms with Crippen molar-refractivity contribution >= 4 is 44.3 Å². The number of hydrogen-bond donors (Lipinski definition) is 3. The van der Waals surface area contributed by atoms with Gasteiger partial charge in [-0.15, -0.1) is 0 Å². The molecule has 2 aromatic carbocycles. The van der Waals surface area contributed by atoms with Gasteiger partial charge in [-0.2, -0.15) is 32.1 Å². The van der Waals surface area contributed by atoms with Crippen molar-refractivity contribution in [2.45, 2.75) is 49.5 Å². The van der Waals surface area contributed by atoms with Crippen LogP contribution in [0.15, 0.2) is 42.5 Å². The second kappa shape index (κ2) is 14.8. The lowest BCUT2D eigenvalue weighted by molar-refractivity contribution is -0.142. The highest BCUT2D eigenvalue weighted by Crippen LogP contribution is 2.68. The molecule has 1 aliphatic heterocycles. The van der Waals surface area contributed by atoms with E-state index in [1.807, 2.05) is 0 Å². The Morgan fingerprint density at radius 2 is 1.85 bits per heavy atom. The van der Waals surface area contributed by atoms with E-state index in [2.05, 4.69) is 37.4 Å². The molecule has 0 radical (unpaired) electrons. The van der Waals surface area contributed by atoms with Crippen molar-refractivity contribution < 1.29 is 48.7 Å². The van der Waals surface area contributed by atoms with E-state index < -0.39 is 87.1 Å². The molecule has 1 saturated carbocycles. The summed E-state index contributed by atoms with van der Waals surface area (Å²) >= 11 is 6.59. The number of aryl methyl sites for hydroxylation is 1. The van der Waals surface area contributed by atoms with Crippen LogP contribution < -0.4 is 15.4 Å². The summed E-state index contributed by atoms with van der Waals surface area (Å²) in [7, 11) is -2.32. The lowest BCUT2D eigenvalue weighted by atomic mass is 9.93. The van der Waals surface area contributed by atoms with E-state index in [9.17, 15) is 35.2 Å². The van der Waals surface area contributed by atoms with Gasteiger partial charge < -0.3 is 15.4 Å². The number of ether oxygens (including phenoxy) is 1. The number of fused-ring (bicyclic) bond motifs is 4. The van der Waals surface area contributed by atoms with Gasteiger partial charge in [0.05, 0.1) is 40.5 Å². The van der Waals surface area contributed by atoms with Crippen molar-refractivity contribution in [3.05, 3.63) is 93.0 Å². The molecule has 8 rings (SSSR count). The quantitative estimate of drug-likeness (QED) is 0.125. The topological polar surface area (TPSA) is 145 Å². The standard InChI is InChI=1S/C38H32ClF7N8O4S/c1-53-33-24(7-8-27(39)31(33)36(51-53)52-59(2,56)57)23-6-4-21(3-5-22-16-47-9-10-58-22)48-32(23)28(13-18-11-19(40)14-20(41)12-18)49-29(55)17-54-35-30(34(50-54)38(44,45)46)25-15-26(25)37(35,42)43/h4,6-8,11-12,14,22,25-26,28,47H,9-10,13,15-17H2,1-2H3,(H,49,55)(H,51,52)/t22?,25-,26?,28-/m0/s1. The van der Waals surface area contributed by atoms with Crippen LogP contribution in [0.4, 0.5) is 36.6 Å². The number of amides is 1. The number of benzene rings is 2. The van der Waals surface area contributed by atoms with Crippen molar-refractivity contribution in [2.75, 3.05) is 30.7 Å². The summed E-state index contributed by atoms with van der Waals surface area (Å²) in [6, 6.07) is 7.46. The molecule has 4 atom stereocenters. The Balaban J connectivity index is 1.27. The number of aromatic nitrogens is 5. The SMILES string of the molecule is Cn1nc(NS(C)(=O)=O)c2c(Cl)ccc(-c3ccc(C#CC4CNCCO4)nc3[C@H](Cc3cc(F)cc(F)c3)NC(=O)Cn3nc(C(F)(F)F)c4c3C(F)(F)C3C[C@H]43)c21. The average molecular weight is 865 g/mol. The zero-order valence-electron chi connectivity index (χ0n) is 30.9. The van der Waals surface area contributed by atoms with Gasteiger partial charge in [0, 0.05) is 48.8 Å². The van der Waals surface area contributed by atoms with Gasteiger partial charge in [0.1, 0.15) is 35.7 Å². The minimum Gasteiger partial charge on any atom is -0.363 e. The lowest BCUT2D eigenvalue weighted by Crippen LogP contribution is -2.37. The first kappa shape index (κ1) is 40.5. The molecule has 1 saturated heterocycles. The number of carbonyl (C=O) groups excluding carboxylic acids is 1. The minimum absolute atomic E-state index is 0.0195. The molecule has 0 spiro atoms. The summed E-state index contributed by atoms with van der Waals surface area (Å²) in [5, 5.41) is 13.9. The van der Waals surface area contributed by atoms with Gasteiger partial charge >= 0.3 is 6.18 Å². The van der Waals surface area contributed by atoms with Gasteiger partial charge in [0.15, 0.2) is 11.5 Å². The Bertz CT molecular complexity index is 2680. The van der Waals surface area contributed by atoms with E-state index in [0.29, 0.717) is 41.5 Å². The molecule has 310 valence electrons. The summed E-state index contributed by atoms with van der Waals surface area (Å²) in [6.45, 7) is 0.373. The lowest BCUT2D eigenvalue weighted by Gasteiger charge is -2.23. The molecule has 5 aromatic rings. The van der Waals surface area contributed by atoms with Gasteiger partial charge in [-0.25, -0.2) is 22.2 Å². The molecule has 4 heterocycles. The number of sulfonamides is 1. The van der Waals surface area contributed by atoms with Crippen molar-refractivity contribution in [1.29, 1.82) is 0 Å². The highest BCUT2D eigenvalue weighted by molar-refractivity contribution is 7.92. The first-order chi connectivity index (χ1) is 27.8. The predicted molar refractivity (Wildman–Crippen MR) is 200 cm³/mol. The Hall–Kier alpha value is -5.23. The highest BCUT2D eigenvalue weighted by Gasteiger charge is 2.68. The number of morpholine rings is 1. The number of anilines is 1. The predicted octanol–water partition coefficient (Wildman–Crippen LogP) is 5.80. The smallest absolute Gasteiger partial charge is 0.363 e. The van der Waals surface area contributed by atoms with Crippen LogP contribution in [-0.2, 0) is 51.7 Å². The Kier molecular flexibility index (Phi) is 10.2. The third kappa shape index (κ3) is 7.95. The Labute approximate surface area is 336 Å². The number of rotatable bonds is 9. The Morgan fingerprint density at radius 3 is 2.53 bits per heavy atom. The van der Waals surface area contributed by atoms with Crippen molar-refractivity contribution in [1.82, 2.24) is 35.2 Å². The number of pyridine rings is 1. The zero-order chi connectivity index (χ0) is 42.2. The molecule has 0 bridgehead atoms. The molecule has 2 fully saturated rings. The number of halogens is 8. The number of alkyl halides is 5. The van der Waals surface area contributed by atoms with Crippen LogP contribution in [0.2, 0.25) is 5.02 Å². The molecule has 2 unspecified atom stereocenters. The van der Waals surface area contributed by atoms with E-state index in [1.165, 1.54) is 17.8 Å². The second-order valence-electron chi connectivity index (χ2n) is 14.6. The number of nitrogens with one attached hydrogen (secondary N) is 3. The fourth-order valence-electron chi connectivity index (χ4n) is 7.84. The summed E-state index contributed by atoms with van der Waals surface area (Å²) < 4.78 is 137.